The van der Waals surface area contributed by atoms with Gasteiger partial charge >= 0.3 is 5.97 Å². The molecule has 0 aliphatic carbocycles. The van der Waals surface area contributed by atoms with Gasteiger partial charge in [0.2, 0.25) is 0 Å². The van der Waals surface area contributed by atoms with Crippen LogP contribution in [0.5, 0.6) is 0 Å². The Bertz CT molecular complexity index is 504. The first-order chi connectivity index (χ1) is 8.50. The Labute approximate surface area is 114 Å². The van der Waals surface area contributed by atoms with Crippen LogP contribution in [0.2, 0.25) is 10.0 Å². The van der Waals surface area contributed by atoms with Crippen LogP contribution in [0.3, 0.4) is 0 Å². The van der Waals surface area contributed by atoms with E-state index in [9.17, 15) is 9.59 Å². The molecular weight excluding hydrogens is 277 g/mol. The first kappa shape index (κ1) is 13.2. The fourth-order valence-electron chi connectivity index (χ4n) is 2.06. The van der Waals surface area contributed by atoms with E-state index in [4.69, 9.17) is 28.3 Å². The van der Waals surface area contributed by atoms with Crippen LogP contribution >= 0.6 is 23.2 Å². The number of carbonyl (C=O) groups is 2. The second kappa shape index (κ2) is 5.16. The highest BCUT2D eigenvalue weighted by molar-refractivity contribution is 6.42. The molecule has 1 saturated heterocycles. The summed E-state index contributed by atoms with van der Waals surface area (Å²) in [5.74, 6) is -1.29. The van der Waals surface area contributed by atoms with Gasteiger partial charge in [0, 0.05) is 12.1 Å². The van der Waals surface area contributed by atoms with Crippen LogP contribution in [0.4, 0.5) is 0 Å². The lowest BCUT2D eigenvalue weighted by Crippen LogP contribution is -2.40. The molecule has 1 aliphatic rings. The van der Waals surface area contributed by atoms with Crippen LogP contribution in [0.25, 0.3) is 0 Å². The van der Waals surface area contributed by atoms with Crippen molar-refractivity contribution in [3.63, 3.8) is 0 Å². The molecule has 0 radical (unpaired) electrons. The zero-order chi connectivity index (χ0) is 13.3. The first-order valence-electron chi connectivity index (χ1n) is 5.49. The lowest BCUT2D eigenvalue weighted by Gasteiger charge is -2.21. The molecule has 2 rings (SSSR count). The van der Waals surface area contributed by atoms with Gasteiger partial charge in [0.1, 0.15) is 6.04 Å². The molecule has 1 aliphatic heterocycles. The zero-order valence-electron chi connectivity index (χ0n) is 9.40. The predicted octanol–water partition coefficient (Wildman–Crippen LogP) is 2.68. The molecule has 1 aromatic rings. The average Bonchev–Trinajstić information content (AvgIpc) is 2.81. The fraction of sp³-hybridized carbons (Fsp3) is 0.333. The largest absolute Gasteiger partial charge is 0.480 e. The van der Waals surface area contributed by atoms with Crippen molar-refractivity contribution in [1.82, 2.24) is 4.90 Å². The van der Waals surface area contributed by atoms with Gasteiger partial charge in [-0.25, -0.2) is 4.79 Å². The van der Waals surface area contributed by atoms with E-state index < -0.39 is 12.0 Å². The minimum absolute atomic E-state index is 0.286. The summed E-state index contributed by atoms with van der Waals surface area (Å²) in [5, 5.41) is 9.69. The maximum atomic E-state index is 12.2. The molecule has 1 atom stereocenters. The van der Waals surface area contributed by atoms with Crippen molar-refractivity contribution in [2.75, 3.05) is 6.54 Å². The highest BCUT2D eigenvalue weighted by atomic mass is 35.5. The quantitative estimate of drug-likeness (QED) is 0.910. The molecule has 0 aromatic heterocycles. The van der Waals surface area contributed by atoms with E-state index in [1.54, 1.807) is 6.07 Å². The lowest BCUT2D eigenvalue weighted by atomic mass is 10.1. The Morgan fingerprint density at radius 3 is 2.61 bits per heavy atom. The van der Waals surface area contributed by atoms with Crippen LogP contribution in [0.1, 0.15) is 23.2 Å². The molecule has 6 heteroatoms. The molecule has 4 nitrogen and oxygen atoms in total. The van der Waals surface area contributed by atoms with Crippen molar-refractivity contribution >= 4 is 35.1 Å². The van der Waals surface area contributed by atoms with Gasteiger partial charge in [-0.05, 0) is 31.0 Å². The van der Waals surface area contributed by atoms with Gasteiger partial charge in [-0.15, -0.1) is 0 Å². The van der Waals surface area contributed by atoms with E-state index in [0.717, 1.165) is 0 Å². The number of benzene rings is 1. The standard InChI is InChI=1S/C12H11Cl2NO3/c13-8-4-3-7(6-9(8)14)11(16)15-5-1-2-10(15)12(17)18/h3-4,6,10H,1-2,5H2,(H,17,18)/t10-/m1/s1. The summed E-state index contributed by atoms with van der Waals surface area (Å²) in [5.41, 5.74) is 0.359. The average molecular weight is 288 g/mol. The number of carboxylic acid groups (broad SMARTS) is 1. The van der Waals surface area contributed by atoms with E-state index in [2.05, 4.69) is 0 Å². The number of aliphatic carboxylic acids is 1. The smallest absolute Gasteiger partial charge is 0.326 e. The van der Waals surface area contributed by atoms with Crippen molar-refractivity contribution in [1.29, 1.82) is 0 Å². The number of carbonyl (C=O) groups excluding carboxylic acids is 1. The fourth-order valence-corrected chi connectivity index (χ4v) is 2.36. The maximum Gasteiger partial charge on any atom is 0.326 e. The third kappa shape index (κ3) is 2.44. The Hall–Kier alpha value is -1.26. The van der Waals surface area contributed by atoms with Gasteiger partial charge in [-0.3, -0.25) is 4.79 Å². The number of carboxylic acids is 1. The first-order valence-corrected chi connectivity index (χ1v) is 6.25. The number of hydrogen-bond acceptors (Lipinski definition) is 2. The number of rotatable bonds is 2. The predicted molar refractivity (Wildman–Crippen MR) is 68.2 cm³/mol. The molecule has 0 unspecified atom stereocenters. The van der Waals surface area contributed by atoms with Crippen molar-refractivity contribution < 1.29 is 14.7 Å². The summed E-state index contributed by atoms with van der Waals surface area (Å²) in [4.78, 5) is 24.6. The minimum Gasteiger partial charge on any atom is -0.480 e. The van der Waals surface area contributed by atoms with Crippen molar-refractivity contribution in [2.45, 2.75) is 18.9 Å². The van der Waals surface area contributed by atoms with E-state index in [1.807, 2.05) is 0 Å². The maximum absolute atomic E-state index is 12.2. The Morgan fingerprint density at radius 1 is 1.28 bits per heavy atom. The Kier molecular flexibility index (Phi) is 3.78. The topological polar surface area (TPSA) is 57.6 Å². The number of amides is 1. The number of halogens is 2. The van der Waals surface area contributed by atoms with Gasteiger partial charge in [0.15, 0.2) is 0 Å². The molecule has 1 N–H and O–H groups in total. The second-order valence-corrected chi connectivity index (χ2v) is 4.94. The Morgan fingerprint density at radius 2 is 2.00 bits per heavy atom. The van der Waals surface area contributed by atoms with Crippen LogP contribution < -0.4 is 0 Å². The number of nitrogens with zero attached hydrogens (tertiary/aromatic N) is 1. The zero-order valence-corrected chi connectivity index (χ0v) is 10.9. The molecule has 1 aromatic carbocycles. The summed E-state index contributed by atoms with van der Waals surface area (Å²) >= 11 is 11.6. The van der Waals surface area contributed by atoms with Crippen LogP contribution in [-0.2, 0) is 4.79 Å². The van der Waals surface area contributed by atoms with Crippen LogP contribution in [0, 0.1) is 0 Å². The second-order valence-electron chi connectivity index (χ2n) is 4.12. The molecule has 0 saturated carbocycles. The van der Waals surface area contributed by atoms with E-state index >= 15 is 0 Å². The van der Waals surface area contributed by atoms with Crippen molar-refractivity contribution in [3.05, 3.63) is 33.8 Å². The van der Waals surface area contributed by atoms with E-state index in [-0.39, 0.29) is 10.9 Å². The molecule has 1 heterocycles. The molecule has 1 amide bonds. The van der Waals surface area contributed by atoms with Gasteiger partial charge in [-0.1, -0.05) is 23.2 Å². The number of likely N-dealkylation sites (tertiary alicyclic amines) is 1. The SMILES string of the molecule is O=C(O)[C@H]1CCCN1C(=O)c1ccc(Cl)c(Cl)c1. The van der Waals surface area contributed by atoms with Gasteiger partial charge in [0.25, 0.3) is 5.91 Å². The summed E-state index contributed by atoms with van der Waals surface area (Å²) in [6.07, 6.45) is 1.19. The monoisotopic (exact) mass is 287 g/mol. The van der Waals surface area contributed by atoms with E-state index in [1.165, 1.54) is 17.0 Å². The van der Waals surface area contributed by atoms with Crippen LogP contribution in [-0.4, -0.2) is 34.5 Å². The molecule has 18 heavy (non-hydrogen) atoms. The number of hydrogen-bond donors (Lipinski definition) is 1. The highest BCUT2D eigenvalue weighted by Crippen LogP contribution is 2.25. The van der Waals surface area contributed by atoms with Crippen molar-refractivity contribution in [3.8, 4) is 0 Å². The molecule has 96 valence electrons. The van der Waals surface area contributed by atoms with Gasteiger partial charge in [-0.2, -0.15) is 0 Å². The normalized spacial score (nSPS) is 19.0. The molecule has 0 bridgehead atoms. The van der Waals surface area contributed by atoms with Crippen LogP contribution in [0.15, 0.2) is 18.2 Å². The summed E-state index contributed by atoms with van der Waals surface area (Å²) in [6, 6.07) is 3.80. The minimum atomic E-state index is -0.971. The molecule has 0 spiro atoms. The highest BCUT2D eigenvalue weighted by Gasteiger charge is 2.34. The molecular formula is C12H11Cl2NO3. The summed E-state index contributed by atoms with van der Waals surface area (Å²) < 4.78 is 0. The third-order valence-electron chi connectivity index (χ3n) is 2.97. The van der Waals surface area contributed by atoms with Gasteiger partial charge < -0.3 is 10.0 Å². The van der Waals surface area contributed by atoms with Gasteiger partial charge in [0.05, 0.1) is 10.0 Å². The van der Waals surface area contributed by atoms with E-state index in [0.29, 0.717) is 30.0 Å². The van der Waals surface area contributed by atoms with Crippen molar-refractivity contribution in [2.24, 2.45) is 0 Å². The lowest BCUT2D eigenvalue weighted by molar-refractivity contribution is -0.141. The summed E-state index contributed by atoms with van der Waals surface area (Å²) in [6.45, 7) is 0.454. The molecule has 1 fully saturated rings. The Balaban J connectivity index is 2.25. The summed E-state index contributed by atoms with van der Waals surface area (Å²) in [7, 11) is 0. The third-order valence-corrected chi connectivity index (χ3v) is 3.70.